The summed E-state index contributed by atoms with van der Waals surface area (Å²) in [7, 11) is -3.81. The molecule has 0 aliphatic carbocycles. The number of anilines is 1. The van der Waals surface area contributed by atoms with Crippen molar-refractivity contribution in [3.8, 4) is 0 Å². The number of amides is 1. The summed E-state index contributed by atoms with van der Waals surface area (Å²) in [6.07, 6.45) is 1.38. The topological polar surface area (TPSA) is 92.3 Å². The highest BCUT2D eigenvalue weighted by Crippen LogP contribution is 2.32. The maximum atomic E-state index is 13.5. The zero-order valence-corrected chi connectivity index (χ0v) is 17.5. The van der Waals surface area contributed by atoms with Crippen molar-refractivity contribution in [2.75, 3.05) is 18.4 Å². The minimum absolute atomic E-state index is 0.0664. The van der Waals surface area contributed by atoms with Crippen LogP contribution in [0.5, 0.6) is 0 Å². The van der Waals surface area contributed by atoms with Crippen molar-refractivity contribution >= 4 is 33.0 Å². The summed E-state index contributed by atoms with van der Waals surface area (Å²) in [5.74, 6) is -1.12. The van der Waals surface area contributed by atoms with E-state index in [2.05, 4.69) is 15.5 Å². The lowest BCUT2D eigenvalue weighted by Gasteiger charge is -2.30. The van der Waals surface area contributed by atoms with Crippen LogP contribution in [0.15, 0.2) is 59.5 Å². The zero-order chi connectivity index (χ0) is 21.1. The molecule has 1 saturated heterocycles. The first-order valence-electron chi connectivity index (χ1n) is 9.39. The van der Waals surface area contributed by atoms with E-state index >= 15 is 0 Å². The molecule has 7 nitrogen and oxygen atoms in total. The zero-order valence-electron chi connectivity index (χ0n) is 15.9. The van der Waals surface area contributed by atoms with Gasteiger partial charge in [-0.3, -0.25) is 4.79 Å². The molecular weight excluding hydrogens is 427 g/mol. The van der Waals surface area contributed by atoms with Crippen LogP contribution in [0, 0.1) is 5.82 Å². The van der Waals surface area contributed by atoms with E-state index in [0.717, 1.165) is 23.8 Å². The molecule has 3 aromatic rings. The van der Waals surface area contributed by atoms with Crippen molar-refractivity contribution < 1.29 is 17.6 Å². The fourth-order valence-corrected chi connectivity index (χ4v) is 5.76. The van der Waals surface area contributed by atoms with E-state index in [-0.39, 0.29) is 28.3 Å². The Morgan fingerprint density at radius 1 is 1.13 bits per heavy atom. The number of benzene rings is 2. The number of hydrogen-bond acceptors (Lipinski definition) is 6. The summed E-state index contributed by atoms with van der Waals surface area (Å²) in [5, 5.41) is 11.7. The Morgan fingerprint density at radius 2 is 1.93 bits per heavy atom. The van der Waals surface area contributed by atoms with Crippen LogP contribution in [0.3, 0.4) is 0 Å². The van der Waals surface area contributed by atoms with Gasteiger partial charge in [0.25, 0.3) is 5.91 Å². The Hall–Kier alpha value is -2.69. The van der Waals surface area contributed by atoms with Gasteiger partial charge in [-0.2, -0.15) is 4.31 Å². The summed E-state index contributed by atoms with van der Waals surface area (Å²) in [5.41, 5.74) is 0.657. The first kappa shape index (κ1) is 20.6. The van der Waals surface area contributed by atoms with Crippen LogP contribution >= 0.6 is 11.3 Å². The van der Waals surface area contributed by atoms with Gasteiger partial charge in [-0.05, 0) is 43.2 Å². The van der Waals surface area contributed by atoms with Crippen molar-refractivity contribution in [3.05, 3.63) is 70.4 Å². The molecule has 30 heavy (non-hydrogen) atoms. The number of rotatable bonds is 5. The van der Waals surface area contributed by atoms with Gasteiger partial charge in [0, 0.05) is 24.7 Å². The number of nitrogens with one attached hydrogen (secondary N) is 1. The molecule has 0 saturated carbocycles. The van der Waals surface area contributed by atoms with E-state index in [1.807, 2.05) is 18.2 Å². The molecule has 1 atom stereocenters. The number of carbonyl (C=O) groups is 1. The number of para-hydroxylation sites is 1. The molecule has 4 rings (SSSR count). The molecule has 1 aliphatic rings. The molecule has 10 heteroatoms. The van der Waals surface area contributed by atoms with Crippen molar-refractivity contribution in [2.24, 2.45) is 0 Å². The molecule has 1 fully saturated rings. The fourth-order valence-electron chi connectivity index (χ4n) is 3.34. The van der Waals surface area contributed by atoms with Crippen molar-refractivity contribution in [3.63, 3.8) is 0 Å². The van der Waals surface area contributed by atoms with E-state index in [4.69, 9.17) is 0 Å². The SMILES string of the molecule is O=C(Nc1ccccc1)c1nnc([C@@H]2CCCN(S(=O)(=O)c3cccc(F)c3)C2)s1. The van der Waals surface area contributed by atoms with Gasteiger partial charge in [-0.1, -0.05) is 35.6 Å². The van der Waals surface area contributed by atoms with Crippen molar-refractivity contribution in [2.45, 2.75) is 23.7 Å². The number of piperidine rings is 1. The van der Waals surface area contributed by atoms with Crippen molar-refractivity contribution in [1.29, 1.82) is 0 Å². The second-order valence-electron chi connectivity index (χ2n) is 6.93. The van der Waals surface area contributed by atoms with Crippen LogP contribution in [-0.4, -0.2) is 41.9 Å². The second kappa shape index (κ2) is 8.58. The number of aromatic nitrogens is 2. The molecule has 0 spiro atoms. The first-order chi connectivity index (χ1) is 14.4. The third-order valence-electron chi connectivity index (χ3n) is 4.83. The van der Waals surface area contributed by atoms with E-state index < -0.39 is 15.8 Å². The molecule has 0 radical (unpaired) electrons. The minimum Gasteiger partial charge on any atom is -0.320 e. The molecular formula is C20H19FN4O3S2. The summed E-state index contributed by atoms with van der Waals surface area (Å²) >= 11 is 1.16. The maximum Gasteiger partial charge on any atom is 0.286 e. The van der Waals surface area contributed by atoms with Crippen LogP contribution in [0.1, 0.15) is 33.6 Å². The number of sulfonamides is 1. The van der Waals surface area contributed by atoms with Gasteiger partial charge in [-0.25, -0.2) is 12.8 Å². The molecule has 2 aromatic carbocycles. The lowest BCUT2D eigenvalue weighted by atomic mass is 10.0. The highest BCUT2D eigenvalue weighted by atomic mass is 32.2. The third kappa shape index (κ3) is 4.40. The predicted octanol–water partition coefficient (Wildman–Crippen LogP) is 3.50. The van der Waals surface area contributed by atoms with E-state index in [1.54, 1.807) is 12.1 Å². The van der Waals surface area contributed by atoms with Gasteiger partial charge < -0.3 is 5.32 Å². The van der Waals surface area contributed by atoms with Gasteiger partial charge in [0.2, 0.25) is 15.0 Å². The molecule has 1 N–H and O–H groups in total. The van der Waals surface area contributed by atoms with Gasteiger partial charge in [0.05, 0.1) is 4.90 Å². The average Bonchev–Trinajstić information content (AvgIpc) is 3.25. The average molecular weight is 447 g/mol. The molecule has 1 aliphatic heterocycles. The fraction of sp³-hybridized carbons (Fsp3) is 0.250. The first-order valence-corrected chi connectivity index (χ1v) is 11.6. The van der Waals surface area contributed by atoms with Crippen LogP contribution in [-0.2, 0) is 10.0 Å². The highest BCUT2D eigenvalue weighted by Gasteiger charge is 2.33. The predicted molar refractivity (Wildman–Crippen MR) is 111 cm³/mol. The summed E-state index contributed by atoms with van der Waals surface area (Å²) in [6.45, 7) is 0.573. The molecule has 1 amide bonds. The maximum absolute atomic E-state index is 13.5. The summed E-state index contributed by atoms with van der Waals surface area (Å²) < 4.78 is 40.6. The summed E-state index contributed by atoms with van der Waals surface area (Å²) in [6, 6.07) is 14.0. The Kier molecular flexibility index (Phi) is 5.89. The van der Waals surface area contributed by atoms with Gasteiger partial charge in [0.15, 0.2) is 0 Å². The number of hydrogen-bond donors (Lipinski definition) is 1. The Bertz CT molecular complexity index is 1150. The number of nitrogens with zero attached hydrogens (tertiary/aromatic N) is 3. The smallest absolute Gasteiger partial charge is 0.286 e. The van der Waals surface area contributed by atoms with Gasteiger partial charge >= 0.3 is 0 Å². The Balaban J connectivity index is 1.48. The molecule has 2 heterocycles. The van der Waals surface area contributed by atoms with Crippen LogP contribution in [0.4, 0.5) is 10.1 Å². The molecule has 0 bridgehead atoms. The van der Waals surface area contributed by atoms with Gasteiger partial charge in [-0.15, -0.1) is 10.2 Å². The van der Waals surface area contributed by atoms with E-state index in [1.165, 1.54) is 22.5 Å². The quantitative estimate of drug-likeness (QED) is 0.648. The normalized spacial score (nSPS) is 17.6. The molecule has 156 valence electrons. The highest BCUT2D eigenvalue weighted by molar-refractivity contribution is 7.89. The summed E-state index contributed by atoms with van der Waals surface area (Å²) in [4.78, 5) is 12.3. The number of halogens is 1. The van der Waals surface area contributed by atoms with E-state index in [9.17, 15) is 17.6 Å². The van der Waals surface area contributed by atoms with Crippen LogP contribution in [0.25, 0.3) is 0 Å². The Morgan fingerprint density at radius 3 is 2.70 bits per heavy atom. The minimum atomic E-state index is -3.81. The Labute approximate surface area is 177 Å². The van der Waals surface area contributed by atoms with Gasteiger partial charge in [0.1, 0.15) is 10.8 Å². The largest absolute Gasteiger partial charge is 0.320 e. The standard InChI is InChI=1S/C20H19FN4O3S2/c21-15-7-4-10-17(12-15)30(27,28)25-11-5-6-14(13-25)19-23-24-20(29-19)18(26)22-16-8-2-1-3-9-16/h1-4,7-10,12,14H,5-6,11,13H2,(H,22,26)/t14-/m1/s1. The molecule has 0 unspecified atom stereocenters. The monoisotopic (exact) mass is 446 g/mol. The third-order valence-corrected chi connectivity index (χ3v) is 7.78. The van der Waals surface area contributed by atoms with Crippen LogP contribution in [0.2, 0.25) is 0 Å². The van der Waals surface area contributed by atoms with E-state index in [0.29, 0.717) is 23.7 Å². The second-order valence-corrected chi connectivity index (χ2v) is 9.87. The van der Waals surface area contributed by atoms with Crippen molar-refractivity contribution in [1.82, 2.24) is 14.5 Å². The number of carbonyl (C=O) groups excluding carboxylic acids is 1. The lowest BCUT2D eigenvalue weighted by Crippen LogP contribution is -2.39. The molecule has 1 aromatic heterocycles. The lowest BCUT2D eigenvalue weighted by molar-refractivity contribution is 0.102. The van der Waals surface area contributed by atoms with Crippen LogP contribution < -0.4 is 5.32 Å².